The minimum atomic E-state index is 0.0737. The summed E-state index contributed by atoms with van der Waals surface area (Å²) in [6.45, 7) is 6.40. The number of nitrogens with one attached hydrogen (secondary N) is 1. The maximum atomic E-state index is 11.8. The maximum absolute atomic E-state index is 11.8. The normalized spacial score (nSPS) is 46.6. The van der Waals surface area contributed by atoms with E-state index >= 15 is 0 Å². The van der Waals surface area contributed by atoms with Gasteiger partial charge in [0.2, 0.25) is 5.91 Å². The average molecular weight is 327 g/mol. The van der Waals surface area contributed by atoms with Gasteiger partial charge in [0.1, 0.15) is 0 Å². The van der Waals surface area contributed by atoms with Gasteiger partial charge in [-0.25, -0.2) is 0 Å². The van der Waals surface area contributed by atoms with E-state index < -0.39 is 0 Å². The maximum Gasteiger partial charge on any atom is 0.217 e. The highest BCUT2D eigenvalue weighted by Crippen LogP contribution is 2.64. The largest absolute Gasteiger partial charge is 0.353 e. The van der Waals surface area contributed by atoms with Gasteiger partial charge in [0.15, 0.2) is 5.78 Å². The second kappa shape index (κ2) is 5.31. The number of amides is 1. The van der Waals surface area contributed by atoms with Crippen molar-refractivity contribution in [2.75, 3.05) is 0 Å². The van der Waals surface area contributed by atoms with Crippen LogP contribution in [-0.2, 0) is 9.59 Å². The molecule has 0 heterocycles. The lowest BCUT2D eigenvalue weighted by molar-refractivity contribution is -0.121. The summed E-state index contributed by atoms with van der Waals surface area (Å²) in [5.74, 6) is 2.35. The van der Waals surface area contributed by atoms with Gasteiger partial charge in [-0.05, 0) is 73.8 Å². The van der Waals surface area contributed by atoms with Crippen molar-refractivity contribution in [1.82, 2.24) is 5.32 Å². The van der Waals surface area contributed by atoms with Crippen molar-refractivity contribution < 1.29 is 9.59 Å². The first-order valence-electron chi connectivity index (χ1n) is 9.56. The zero-order chi connectivity index (χ0) is 17.1. The summed E-state index contributed by atoms with van der Waals surface area (Å²) in [7, 11) is 0. The summed E-state index contributed by atoms with van der Waals surface area (Å²) in [6, 6.07) is 0.342. The van der Waals surface area contributed by atoms with Gasteiger partial charge in [0.05, 0.1) is 0 Å². The molecule has 0 spiro atoms. The Morgan fingerprint density at radius 3 is 2.71 bits per heavy atom. The average Bonchev–Trinajstić information content (AvgIpc) is 2.84. The third-order valence-corrected chi connectivity index (χ3v) is 7.93. The molecule has 1 N–H and O–H groups in total. The van der Waals surface area contributed by atoms with Crippen molar-refractivity contribution in [3.63, 3.8) is 0 Å². The van der Waals surface area contributed by atoms with Gasteiger partial charge in [-0.2, -0.15) is 0 Å². The van der Waals surface area contributed by atoms with E-state index in [1.54, 1.807) is 13.0 Å². The molecular formula is C21H29NO2. The minimum Gasteiger partial charge on any atom is -0.353 e. The molecule has 1 amide bonds. The number of carbonyl (C=O) groups is 2. The molecule has 4 aliphatic carbocycles. The topological polar surface area (TPSA) is 46.2 Å². The van der Waals surface area contributed by atoms with Crippen molar-refractivity contribution in [3.8, 4) is 0 Å². The lowest BCUT2D eigenvalue weighted by Gasteiger charge is -2.57. The predicted molar refractivity (Wildman–Crippen MR) is 94.2 cm³/mol. The molecule has 130 valence electrons. The van der Waals surface area contributed by atoms with E-state index in [1.807, 2.05) is 6.08 Å². The second-order valence-corrected chi connectivity index (χ2v) is 8.98. The van der Waals surface area contributed by atoms with E-state index in [4.69, 9.17) is 0 Å². The van der Waals surface area contributed by atoms with Crippen molar-refractivity contribution in [1.29, 1.82) is 0 Å². The molecule has 4 aliphatic rings. The fraction of sp³-hybridized carbons (Fsp3) is 0.714. The summed E-state index contributed by atoms with van der Waals surface area (Å²) in [4.78, 5) is 23.4. The zero-order valence-electron chi connectivity index (χ0n) is 15.1. The molecular weight excluding hydrogens is 298 g/mol. The quantitative estimate of drug-likeness (QED) is 0.796. The first-order valence-corrected chi connectivity index (χ1v) is 9.56. The summed E-state index contributed by atoms with van der Waals surface area (Å²) in [5, 5.41) is 3.24. The molecule has 0 saturated heterocycles. The monoisotopic (exact) mass is 327 g/mol. The van der Waals surface area contributed by atoms with Crippen LogP contribution in [-0.4, -0.2) is 17.7 Å². The number of rotatable bonds is 1. The highest BCUT2D eigenvalue weighted by atomic mass is 16.1. The van der Waals surface area contributed by atoms with Crippen LogP contribution in [0.4, 0.5) is 0 Å². The van der Waals surface area contributed by atoms with E-state index in [1.165, 1.54) is 31.3 Å². The Kier molecular flexibility index (Phi) is 3.56. The molecule has 24 heavy (non-hydrogen) atoms. The van der Waals surface area contributed by atoms with Gasteiger partial charge in [-0.1, -0.05) is 25.5 Å². The fourth-order valence-corrected chi connectivity index (χ4v) is 6.68. The Balaban J connectivity index is 1.63. The smallest absolute Gasteiger partial charge is 0.217 e. The van der Waals surface area contributed by atoms with E-state index in [2.05, 4.69) is 25.2 Å². The Morgan fingerprint density at radius 1 is 1.17 bits per heavy atom. The minimum absolute atomic E-state index is 0.0737. The molecule has 0 aromatic carbocycles. The van der Waals surface area contributed by atoms with Crippen molar-refractivity contribution in [2.24, 2.45) is 28.6 Å². The van der Waals surface area contributed by atoms with Gasteiger partial charge in [0, 0.05) is 18.4 Å². The highest BCUT2D eigenvalue weighted by Gasteiger charge is 2.58. The summed E-state index contributed by atoms with van der Waals surface area (Å²) >= 11 is 0. The Labute approximate surface area is 145 Å². The number of ketones is 1. The number of allylic oxidation sites excluding steroid dienone is 4. The van der Waals surface area contributed by atoms with Crippen molar-refractivity contribution in [2.45, 2.75) is 65.3 Å². The Bertz CT molecular complexity index is 648. The molecule has 0 unspecified atom stereocenters. The zero-order valence-corrected chi connectivity index (χ0v) is 15.1. The van der Waals surface area contributed by atoms with Crippen LogP contribution in [0.25, 0.3) is 0 Å². The van der Waals surface area contributed by atoms with E-state index in [0.29, 0.717) is 17.9 Å². The van der Waals surface area contributed by atoms with Crippen molar-refractivity contribution in [3.05, 3.63) is 23.8 Å². The van der Waals surface area contributed by atoms with Gasteiger partial charge in [-0.3, -0.25) is 9.59 Å². The molecule has 3 fully saturated rings. The molecule has 0 radical (unpaired) electrons. The summed E-state index contributed by atoms with van der Waals surface area (Å²) < 4.78 is 0. The lowest BCUT2D eigenvalue weighted by atomic mass is 9.48. The first kappa shape index (κ1) is 16.1. The van der Waals surface area contributed by atoms with Crippen LogP contribution in [0.1, 0.15) is 59.3 Å². The van der Waals surface area contributed by atoms with Crippen LogP contribution in [0.15, 0.2) is 23.8 Å². The van der Waals surface area contributed by atoms with E-state index in [9.17, 15) is 9.59 Å². The van der Waals surface area contributed by atoms with Crippen LogP contribution in [0.5, 0.6) is 0 Å². The standard InChI is InChI=1S/C21H29NO2/c1-13(23)22-19-7-6-17-16-5-4-14-12-15(24)8-10-20(14,2)18(16)9-11-21(17,19)3/h8,10,12,16-19H,4-7,9,11H2,1-3H3,(H,22,23)/t16-,17-,18-,19-,20-,21-/m0/s1. The number of fused-ring (bicyclic) bond motifs is 5. The Morgan fingerprint density at radius 2 is 1.96 bits per heavy atom. The fourth-order valence-electron chi connectivity index (χ4n) is 6.68. The van der Waals surface area contributed by atoms with Gasteiger partial charge in [0.25, 0.3) is 0 Å². The van der Waals surface area contributed by atoms with Crippen LogP contribution in [0.2, 0.25) is 0 Å². The van der Waals surface area contributed by atoms with Gasteiger partial charge < -0.3 is 5.32 Å². The second-order valence-electron chi connectivity index (χ2n) is 8.98. The molecule has 4 rings (SSSR count). The molecule has 0 bridgehead atoms. The molecule has 6 atom stereocenters. The number of hydrogen-bond donors (Lipinski definition) is 1. The third kappa shape index (κ3) is 2.16. The third-order valence-electron chi connectivity index (χ3n) is 7.93. The van der Waals surface area contributed by atoms with Crippen LogP contribution >= 0.6 is 0 Å². The first-order chi connectivity index (χ1) is 11.3. The molecule has 0 aromatic heterocycles. The van der Waals surface area contributed by atoms with Gasteiger partial charge >= 0.3 is 0 Å². The molecule has 3 heteroatoms. The van der Waals surface area contributed by atoms with Crippen LogP contribution in [0, 0.1) is 28.6 Å². The van der Waals surface area contributed by atoms with E-state index in [-0.39, 0.29) is 22.5 Å². The van der Waals surface area contributed by atoms with Gasteiger partial charge in [-0.15, -0.1) is 0 Å². The Hall–Kier alpha value is -1.38. The molecule has 3 saturated carbocycles. The number of hydrogen-bond acceptors (Lipinski definition) is 2. The summed E-state index contributed by atoms with van der Waals surface area (Å²) in [5.41, 5.74) is 1.68. The predicted octanol–water partition coefficient (Wildman–Crippen LogP) is 3.80. The van der Waals surface area contributed by atoms with Crippen LogP contribution in [0.3, 0.4) is 0 Å². The molecule has 3 nitrogen and oxygen atoms in total. The SMILES string of the molecule is CC(=O)N[C@H]1CC[C@H]2[C@@H]3CCC4=CC(=O)C=C[C@]4(C)[C@H]3CC[C@]12C. The highest BCUT2D eigenvalue weighted by molar-refractivity contribution is 6.01. The number of carbonyl (C=O) groups excluding carboxylic acids is 2. The molecule has 0 aromatic rings. The summed E-state index contributed by atoms with van der Waals surface area (Å²) in [6.07, 6.45) is 12.9. The van der Waals surface area contributed by atoms with Crippen LogP contribution < -0.4 is 5.32 Å². The molecule has 0 aliphatic heterocycles. The van der Waals surface area contributed by atoms with Crippen molar-refractivity contribution >= 4 is 11.7 Å². The lowest BCUT2D eigenvalue weighted by Crippen LogP contribution is -2.53. The van der Waals surface area contributed by atoms with E-state index in [0.717, 1.165) is 18.8 Å².